The zero-order valence-corrected chi connectivity index (χ0v) is 10.8. The van der Waals surface area contributed by atoms with E-state index in [1.54, 1.807) is 0 Å². The number of ether oxygens (including phenoxy) is 1. The Morgan fingerprint density at radius 3 is 2.83 bits per heavy atom. The van der Waals surface area contributed by atoms with E-state index < -0.39 is 0 Å². The minimum absolute atomic E-state index is 0.0907. The van der Waals surface area contributed by atoms with Crippen LogP contribution in [-0.4, -0.2) is 43.2 Å². The molecule has 98 valence electrons. The minimum Gasteiger partial charge on any atom is -0.382 e. The monoisotopic (exact) mass is 268 g/mol. The summed E-state index contributed by atoms with van der Waals surface area (Å²) in [6, 6.07) is 0.339. The van der Waals surface area contributed by atoms with Crippen LogP contribution >= 0.6 is 11.3 Å². The summed E-state index contributed by atoms with van der Waals surface area (Å²) in [7, 11) is 0. The molecule has 18 heavy (non-hydrogen) atoms. The molecule has 1 aromatic heterocycles. The number of thiazole rings is 1. The number of hydrogen-bond donors (Lipinski definition) is 2. The summed E-state index contributed by atoms with van der Waals surface area (Å²) in [4.78, 5) is 18.9. The zero-order valence-electron chi connectivity index (χ0n) is 10.0. The largest absolute Gasteiger partial charge is 0.382 e. The SMILES string of the molecule is Nc1nc(N2CCOCC2)sc1C(=O)NC1CC1. The van der Waals surface area contributed by atoms with Crippen molar-refractivity contribution in [1.82, 2.24) is 10.3 Å². The van der Waals surface area contributed by atoms with Gasteiger partial charge in [0.2, 0.25) is 0 Å². The molecule has 6 nitrogen and oxygen atoms in total. The highest BCUT2D eigenvalue weighted by molar-refractivity contribution is 7.18. The molecule has 1 amide bonds. The molecule has 0 unspecified atom stereocenters. The van der Waals surface area contributed by atoms with Crippen LogP contribution in [0.5, 0.6) is 0 Å². The summed E-state index contributed by atoms with van der Waals surface area (Å²) < 4.78 is 5.29. The topological polar surface area (TPSA) is 80.5 Å². The second-order valence-corrected chi connectivity index (χ2v) is 5.54. The van der Waals surface area contributed by atoms with Crippen molar-refractivity contribution in [3.8, 4) is 0 Å². The predicted molar refractivity (Wildman–Crippen MR) is 70.0 cm³/mol. The lowest BCUT2D eigenvalue weighted by atomic mass is 10.4. The first-order valence-corrected chi connectivity index (χ1v) is 6.95. The van der Waals surface area contributed by atoms with E-state index >= 15 is 0 Å². The van der Waals surface area contributed by atoms with Gasteiger partial charge in [-0.1, -0.05) is 11.3 Å². The van der Waals surface area contributed by atoms with Crippen molar-refractivity contribution in [1.29, 1.82) is 0 Å². The van der Waals surface area contributed by atoms with Crippen molar-refractivity contribution >= 4 is 28.2 Å². The summed E-state index contributed by atoms with van der Waals surface area (Å²) in [6.07, 6.45) is 2.14. The molecule has 0 aromatic carbocycles. The fourth-order valence-electron chi connectivity index (χ4n) is 1.85. The Labute approximate surface area is 109 Å². The van der Waals surface area contributed by atoms with E-state index in [0.717, 1.165) is 31.1 Å². The normalized spacial score (nSPS) is 19.9. The third kappa shape index (κ3) is 2.41. The highest BCUT2D eigenvalue weighted by atomic mass is 32.1. The maximum Gasteiger partial charge on any atom is 0.265 e. The Bertz CT molecular complexity index is 452. The number of nitrogens with two attached hydrogens (primary N) is 1. The third-order valence-corrected chi connectivity index (χ3v) is 4.17. The van der Waals surface area contributed by atoms with Gasteiger partial charge in [-0.05, 0) is 12.8 Å². The molecule has 2 aliphatic rings. The molecule has 7 heteroatoms. The minimum atomic E-state index is -0.0907. The number of nitrogens with one attached hydrogen (secondary N) is 1. The van der Waals surface area contributed by atoms with Gasteiger partial charge in [0.05, 0.1) is 13.2 Å². The number of anilines is 2. The fraction of sp³-hybridized carbons (Fsp3) is 0.636. The molecule has 0 bridgehead atoms. The van der Waals surface area contributed by atoms with Gasteiger partial charge in [-0.3, -0.25) is 4.79 Å². The molecule has 1 aromatic rings. The van der Waals surface area contributed by atoms with Crippen molar-refractivity contribution in [2.24, 2.45) is 0 Å². The van der Waals surface area contributed by atoms with Gasteiger partial charge in [0.25, 0.3) is 5.91 Å². The van der Waals surface area contributed by atoms with Gasteiger partial charge in [-0.2, -0.15) is 0 Å². The number of hydrogen-bond acceptors (Lipinski definition) is 6. The highest BCUT2D eigenvalue weighted by Crippen LogP contribution is 2.29. The molecular formula is C11H16N4O2S. The third-order valence-electron chi connectivity index (χ3n) is 3.04. The van der Waals surface area contributed by atoms with Crippen molar-refractivity contribution in [3.63, 3.8) is 0 Å². The first kappa shape index (κ1) is 11.7. The van der Waals surface area contributed by atoms with Crippen LogP contribution in [0.25, 0.3) is 0 Å². The molecule has 0 radical (unpaired) electrons. The van der Waals surface area contributed by atoms with Crippen LogP contribution in [0, 0.1) is 0 Å². The smallest absolute Gasteiger partial charge is 0.265 e. The molecule has 3 rings (SSSR count). The molecule has 3 N–H and O–H groups in total. The quantitative estimate of drug-likeness (QED) is 0.832. The Morgan fingerprint density at radius 2 is 2.17 bits per heavy atom. The lowest BCUT2D eigenvalue weighted by Gasteiger charge is -2.25. The summed E-state index contributed by atoms with van der Waals surface area (Å²) in [5.74, 6) is 0.242. The molecule has 1 saturated carbocycles. The Morgan fingerprint density at radius 1 is 1.44 bits per heavy atom. The molecule has 0 atom stereocenters. The molecule has 2 fully saturated rings. The average molecular weight is 268 g/mol. The molecule has 0 spiro atoms. The van der Waals surface area contributed by atoms with E-state index in [-0.39, 0.29) is 5.91 Å². The van der Waals surface area contributed by atoms with Crippen LogP contribution in [0.15, 0.2) is 0 Å². The van der Waals surface area contributed by atoms with Gasteiger partial charge in [-0.15, -0.1) is 0 Å². The standard InChI is InChI=1S/C11H16N4O2S/c12-9-8(10(16)13-7-1-2-7)18-11(14-9)15-3-5-17-6-4-15/h7H,1-6,12H2,(H,13,16). The highest BCUT2D eigenvalue weighted by Gasteiger charge is 2.27. The number of morpholine rings is 1. The van der Waals surface area contributed by atoms with Crippen LogP contribution in [0.4, 0.5) is 10.9 Å². The van der Waals surface area contributed by atoms with Crippen LogP contribution < -0.4 is 16.0 Å². The van der Waals surface area contributed by atoms with Crippen LogP contribution in [-0.2, 0) is 4.74 Å². The van der Waals surface area contributed by atoms with E-state index in [1.165, 1.54) is 11.3 Å². The summed E-state index contributed by atoms with van der Waals surface area (Å²) in [6.45, 7) is 3.00. The summed E-state index contributed by atoms with van der Waals surface area (Å²) in [5.41, 5.74) is 5.83. The van der Waals surface area contributed by atoms with Gasteiger partial charge in [-0.25, -0.2) is 4.98 Å². The Kier molecular flexibility index (Phi) is 3.09. The maximum absolute atomic E-state index is 11.9. The number of carbonyl (C=O) groups excluding carboxylic acids is 1. The number of amides is 1. The second-order valence-electron chi connectivity index (χ2n) is 4.56. The molecule has 1 saturated heterocycles. The van der Waals surface area contributed by atoms with Gasteiger partial charge in [0.1, 0.15) is 10.7 Å². The van der Waals surface area contributed by atoms with Crippen molar-refractivity contribution < 1.29 is 9.53 Å². The van der Waals surface area contributed by atoms with Gasteiger partial charge in [0, 0.05) is 19.1 Å². The molecular weight excluding hydrogens is 252 g/mol. The van der Waals surface area contributed by atoms with Crippen molar-refractivity contribution in [2.45, 2.75) is 18.9 Å². The lowest BCUT2D eigenvalue weighted by Crippen LogP contribution is -2.36. The van der Waals surface area contributed by atoms with E-state index in [2.05, 4.69) is 15.2 Å². The predicted octanol–water partition coefficient (Wildman–Crippen LogP) is 0.454. The van der Waals surface area contributed by atoms with E-state index in [4.69, 9.17) is 10.5 Å². The maximum atomic E-state index is 11.9. The van der Waals surface area contributed by atoms with Crippen LogP contribution in [0.3, 0.4) is 0 Å². The lowest BCUT2D eigenvalue weighted by molar-refractivity contribution is 0.0956. The van der Waals surface area contributed by atoms with E-state index in [9.17, 15) is 4.79 Å². The molecule has 1 aliphatic carbocycles. The summed E-state index contributed by atoms with van der Waals surface area (Å²) in [5, 5.41) is 3.75. The first-order chi connectivity index (χ1) is 8.74. The van der Waals surface area contributed by atoms with Crippen molar-refractivity contribution in [2.75, 3.05) is 36.9 Å². The van der Waals surface area contributed by atoms with Gasteiger partial charge in [0.15, 0.2) is 5.13 Å². The number of nitrogens with zero attached hydrogens (tertiary/aromatic N) is 2. The van der Waals surface area contributed by atoms with Crippen LogP contribution in [0.1, 0.15) is 22.5 Å². The second kappa shape index (κ2) is 4.74. The number of nitrogen functional groups attached to an aromatic ring is 1. The number of aromatic nitrogens is 1. The van der Waals surface area contributed by atoms with E-state index in [0.29, 0.717) is 30.0 Å². The van der Waals surface area contributed by atoms with Crippen molar-refractivity contribution in [3.05, 3.63) is 4.88 Å². The Balaban J connectivity index is 1.74. The number of carbonyl (C=O) groups is 1. The van der Waals surface area contributed by atoms with Gasteiger partial charge >= 0.3 is 0 Å². The van der Waals surface area contributed by atoms with Gasteiger partial charge < -0.3 is 20.7 Å². The van der Waals surface area contributed by atoms with Crippen LogP contribution in [0.2, 0.25) is 0 Å². The van der Waals surface area contributed by atoms with E-state index in [1.807, 2.05) is 0 Å². The molecule has 2 heterocycles. The fourth-order valence-corrected chi connectivity index (χ4v) is 2.79. The number of rotatable bonds is 3. The Hall–Kier alpha value is -1.34. The first-order valence-electron chi connectivity index (χ1n) is 6.14. The summed E-state index contributed by atoms with van der Waals surface area (Å²) >= 11 is 1.37. The zero-order chi connectivity index (χ0) is 12.5. The average Bonchev–Trinajstić information content (AvgIpc) is 3.10. The molecule has 1 aliphatic heterocycles.